The van der Waals surface area contributed by atoms with Crippen molar-refractivity contribution < 1.29 is 23.9 Å². The van der Waals surface area contributed by atoms with E-state index in [1.807, 2.05) is 39.0 Å². The maximum absolute atomic E-state index is 12.4. The lowest BCUT2D eigenvalue weighted by molar-refractivity contribution is -0.158. The Morgan fingerprint density at radius 1 is 0.966 bits per heavy atom. The molecular formula is C22H26N2O5. The highest BCUT2D eigenvalue weighted by atomic mass is 16.6. The number of amides is 3. The highest BCUT2D eigenvalue weighted by Gasteiger charge is 2.27. The lowest BCUT2D eigenvalue weighted by Crippen LogP contribution is -2.41. The second-order valence-corrected chi connectivity index (χ2v) is 7.38. The van der Waals surface area contributed by atoms with Crippen LogP contribution in [0.25, 0.3) is 0 Å². The van der Waals surface area contributed by atoms with Crippen LogP contribution in [0.2, 0.25) is 0 Å². The zero-order valence-electron chi connectivity index (χ0n) is 17.0. The summed E-state index contributed by atoms with van der Waals surface area (Å²) in [6, 6.07) is 15.2. The van der Waals surface area contributed by atoms with E-state index < -0.39 is 24.0 Å². The summed E-state index contributed by atoms with van der Waals surface area (Å²) in [5, 5.41) is 4.42. The third-order valence-corrected chi connectivity index (χ3v) is 4.09. The summed E-state index contributed by atoms with van der Waals surface area (Å²) < 4.78 is 11.0. The number of imide groups is 1. The summed E-state index contributed by atoms with van der Waals surface area (Å²) in [6.45, 7) is 5.76. The van der Waals surface area contributed by atoms with Crippen molar-refractivity contribution in [2.45, 2.75) is 32.3 Å². The van der Waals surface area contributed by atoms with Crippen molar-refractivity contribution in [2.24, 2.45) is 0 Å². The van der Waals surface area contributed by atoms with Gasteiger partial charge in [-0.3, -0.25) is 10.1 Å². The molecule has 0 saturated carbocycles. The van der Waals surface area contributed by atoms with Crippen LogP contribution in [0, 0.1) is 0 Å². The van der Waals surface area contributed by atoms with E-state index in [-0.39, 0.29) is 12.0 Å². The van der Waals surface area contributed by atoms with Gasteiger partial charge in [-0.25, -0.2) is 9.59 Å². The Hall–Kier alpha value is -3.35. The Kier molecular flexibility index (Phi) is 7.36. The average Bonchev–Trinajstić information content (AvgIpc) is 2.70. The van der Waals surface area contributed by atoms with Crippen molar-refractivity contribution in [1.82, 2.24) is 10.6 Å². The fourth-order valence-electron chi connectivity index (χ4n) is 2.65. The molecule has 0 saturated heterocycles. The number of urea groups is 1. The number of hydrogen-bond acceptors (Lipinski definition) is 5. The quantitative estimate of drug-likeness (QED) is 0.730. The van der Waals surface area contributed by atoms with Crippen LogP contribution in [0.4, 0.5) is 4.79 Å². The minimum Gasteiger partial charge on any atom is -0.482 e. The Morgan fingerprint density at radius 2 is 1.59 bits per heavy atom. The first-order valence-electron chi connectivity index (χ1n) is 9.21. The minimum atomic E-state index is -1.28. The zero-order chi connectivity index (χ0) is 21.4. The molecule has 2 aromatic carbocycles. The third kappa shape index (κ3) is 6.34. The monoisotopic (exact) mass is 398 g/mol. The predicted octanol–water partition coefficient (Wildman–Crippen LogP) is 3.10. The van der Waals surface area contributed by atoms with Crippen molar-refractivity contribution in [3.63, 3.8) is 0 Å². The molecule has 7 heteroatoms. The number of benzene rings is 2. The standard InChI is InChI=1S/C22H26N2O5/c1-22(2,3)16-12-8-9-13-17(16)28-14-18(25)29-19(15-10-6-5-7-11-15)20(26)24-21(27)23-4/h5-13,19H,14H2,1-4H3,(H2,23,24,26,27)/t19-/m1/s1. The highest BCUT2D eigenvalue weighted by Crippen LogP contribution is 2.31. The van der Waals surface area contributed by atoms with E-state index in [4.69, 9.17) is 9.47 Å². The van der Waals surface area contributed by atoms with E-state index in [2.05, 4.69) is 10.6 Å². The Morgan fingerprint density at radius 3 is 2.21 bits per heavy atom. The van der Waals surface area contributed by atoms with Crippen LogP contribution >= 0.6 is 0 Å². The van der Waals surface area contributed by atoms with Crippen molar-refractivity contribution in [2.75, 3.05) is 13.7 Å². The summed E-state index contributed by atoms with van der Waals surface area (Å²) in [7, 11) is 1.38. The molecule has 0 aliphatic heterocycles. The number of para-hydroxylation sites is 1. The van der Waals surface area contributed by atoms with Gasteiger partial charge >= 0.3 is 12.0 Å². The van der Waals surface area contributed by atoms with Gasteiger partial charge in [-0.1, -0.05) is 69.3 Å². The molecule has 0 bridgehead atoms. The van der Waals surface area contributed by atoms with Gasteiger partial charge in [0.15, 0.2) is 6.61 Å². The summed E-state index contributed by atoms with van der Waals surface area (Å²) in [4.78, 5) is 36.3. The summed E-state index contributed by atoms with van der Waals surface area (Å²) in [5.41, 5.74) is 1.22. The van der Waals surface area contributed by atoms with Crippen LogP contribution in [0.1, 0.15) is 38.0 Å². The second kappa shape index (κ2) is 9.73. The van der Waals surface area contributed by atoms with E-state index in [0.717, 1.165) is 5.56 Å². The summed E-state index contributed by atoms with van der Waals surface area (Å²) >= 11 is 0. The number of carbonyl (C=O) groups is 3. The van der Waals surface area contributed by atoms with Crippen LogP contribution in [0.5, 0.6) is 5.75 Å². The SMILES string of the molecule is CNC(=O)NC(=O)[C@H](OC(=O)COc1ccccc1C(C)(C)C)c1ccccc1. The van der Waals surface area contributed by atoms with E-state index in [9.17, 15) is 14.4 Å². The van der Waals surface area contributed by atoms with E-state index in [1.54, 1.807) is 36.4 Å². The predicted molar refractivity (Wildman–Crippen MR) is 109 cm³/mol. The van der Waals surface area contributed by atoms with Crippen LogP contribution in [-0.2, 0) is 19.7 Å². The summed E-state index contributed by atoms with van der Waals surface area (Å²) in [5.74, 6) is -0.906. The Balaban J connectivity index is 2.11. The molecule has 0 heterocycles. The molecule has 7 nitrogen and oxygen atoms in total. The van der Waals surface area contributed by atoms with Crippen molar-refractivity contribution >= 4 is 17.9 Å². The second-order valence-electron chi connectivity index (χ2n) is 7.38. The first kappa shape index (κ1) is 21.9. The molecule has 0 aliphatic rings. The number of rotatable bonds is 6. The Labute approximate surface area is 170 Å². The van der Waals surface area contributed by atoms with E-state index in [0.29, 0.717) is 11.3 Å². The molecule has 0 spiro atoms. The summed E-state index contributed by atoms with van der Waals surface area (Å²) in [6.07, 6.45) is -1.28. The van der Waals surface area contributed by atoms with Gasteiger partial charge in [-0.15, -0.1) is 0 Å². The maximum atomic E-state index is 12.4. The highest BCUT2D eigenvalue weighted by molar-refractivity contribution is 5.97. The largest absolute Gasteiger partial charge is 0.482 e. The lowest BCUT2D eigenvalue weighted by Gasteiger charge is -2.23. The van der Waals surface area contributed by atoms with E-state index >= 15 is 0 Å². The third-order valence-electron chi connectivity index (χ3n) is 4.09. The molecule has 0 aliphatic carbocycles. The molecule has 1 atom stereocenters. The fraction of sp³-hybridized carbons (Fsp3) is 0.318. The topological polar surface area (TPSA) is 93.7 Å². The number of ether oxygens (including phenoxy) is 2. The van der Waals surface area contributed by atoms with Gasteiger partial charge in [0.1, 0.15) is 5.75 Å². The zero-order valence-corrected chi connectivity index (χ0v) is 17.0. The molecule has 154 valence electrons. The van der Waals surface area contributed by atoms with Gasteiger partial charge in [0.25, 0.3) is 5.91 Å². The van der Waals surface area contributed by atoms with Crippen molar-refractivity contribution in [3.8, 4) is 5.75 Å². The van der Waals surface area contributed by atoms with Gasteiger partial charge in [0.05, 0.1) is 0 Å². The first-order chi connectivity index (χ1) is 13.7. The van der Waals surface area contributed by atoms with Crippen LogP contribution < -0.4 is 15.4 Å². The molecule has 3 amide bonds. The minimum absolute atomic E-state index is 0.166. The first-order valence-corrected chi connectivity index (χ1v) is 9.21. The molecule has 2 aromatic rings. The van der Waals surface area contributed by atoms with Crippen molar-refractivity contribution in [1.29, 1.82) is 0 Å². The molecular weight excluding hydrogens is 372 g/mol. The fourth-order valence-corrected chi connectivity index (χ4v) is 2.65. The smallest absolute Gasteiger partial charge is 0.345 e. The van der Waals surface area contributed by atoms with Gasteiger partial charge in [-0.2, -0.15) is 0 Å². The molecule has 29 heavy (non-hydrogen) atoms. The van der Waals surface area contributed by atoms with Gasteiger partial charge in [-0.05, 0) is 17.0 Å². The van der Waals surface area contributed by atoms with E-state index in [1.165, 1.54) is 7.05 Å². The molecule has 0 radical (unpaired) electrons. The molecule has 0 unspecified atom stereocenters. The number of nitrogens with one attached hydrogen (secondary N) is 2. The van der Waals surface area contributed by atoms with Gasteiger partial charge in [0.2, 0.25) is 6.10 Å². The number of hydrogen-bond donors (Lipinski definition) is 2. The molecule has 2 N–H and O–H groups in total. The average molecular weight is 398 g/mol. The number of carbonyl (C=O) groups excluding carboxylic acids is 3. The molecule has 0 aromatic heterocycles. The van der Waals surface area contributed by atoms with Crippen LogP contribution in [0.3, 0.4) is 0 Å². The molecule has 2 rings (SSSR count). The number of esters is 1. The van der Waals surface area contributed by atoms with Crippen molar-refractivity contribution in [3.05, 3.63) is 65.7 Å². The van der Waals surface area contributed by atoms with Gasteiger partial charge in [0, 0.05) is 12.6 Å². The molecule has 0 fully saturated rings. The lowest BCUT2D eigenvalue weighted by atomic mass is 9.86. The van der Waals surface area contributed by atoms with Crippen LogP contribution in [0.15, 0.2) is 54.6 Å². The normalized spacial score (nSPS) is 11.9. The Bertz CT molecular complexity index is 859. The maximum Gasteiger partial charge on any atom is 0.345 e. The van der Waals surface area contributed by atoms with Gasteiger partial charge < -0.3 is 14.8 Å². The van der Waals surface area contributed by atoms with Crippen LogP contribution in [-0.4, -0.2) is 31.6 Å².